The number of nitrogens with two attached hydrogens (primary N) is 1. The maximum atomic E-state index is 11.8. The highest BCUT2D eigenvalue weighted by Crippen LogP contribution is 2.09. The Bertz CT molecular complexity index is 656. The van der Waals surface area contributed by atoms with Gasteiger partial charge in [0.2, 0.25) is 0 Å². The topological polar surface area (TPSA) is 79.5 Å². The lowest BCUT2D eigenvalue weighted by Gasteiger charge is -2.07. The second kappa shape index (κ2) is 10.6. The summed E-state index contributed by atoms with van der Waals surface area (Å²) in [6.45, 7) is 2.97. The van der Waals surface area contributed by atoms with Gasteiger partial charge in [0.05, 0.1) is 6.54 Å². The number of aliphatic imine (C=N–C) groups is 1. The van der Waals surface area contributed by atoms with Gasteiger partial charge >= 0.3 is 0 Å². The lowest BCUT2D eigenvalue weighted by molar-refractivity contribution is 0.0955. The van der Waals surface area contributed by atoms with Crippen molar-refractivity contribution in [3.05, 3.63) is 65.7 Å². The Labute approximate surface area is 159 Å². The molecule has 1 amide bonds. The normalized spacial score (nSPS) is 10.6. The van der Waals surface area contributed by atoms with Gasteiger partial charge in [-0.2, -0.15) is 0 Å². The number of amides is 1. The molecular weight excluding hydrogens is 415 g/mol. The average Bonchev–Trinajstić information content (AvgIpc) is 2.60. The third kappa shape index (κ3) is 6.57. The Morgan fingerprint density at radius 3 is 2.38 bits per heavy atom. The lowest BCUT2D eigenvalue weighted by Crippen LogP contribution is -2.28. The van der Waals surface area contributed by atoms with E-state index in [-0.39, 0.29) is 29.9 Å². The number of carbonyl (C=O) groups is 1. The van der Waals surface area contributed by atoms with E-state index in [1.807, 2.05) is 30.3 Å². The van der Waals surface area contributed by atoms with E-state index in [0.717, 1.165) is 12.1 Å². The van der Waals surface area contributed by atoms with Crippen LogP contribution < -0.4 is 16.4 Å². The van der Waals surface area contributed by atoms with Crippen LogP contribution in [-0.2, 0) is 6.42 Å². The third-order valence-electron chi connectivity index (χ3n) is 3.35. The molecule has 0 aliphatic heterocycles. The van der Waals surface area contributed by atoms with Crippen LogP contribution in [0.2, 0.25) is 0 Å². The number of halogens is 1. The summed E-state index contributed by atoms with van der Waals surface area (Å²) in [4.78, 5) is 16.0. The summed E-state index contributed by atoms with van der Waals surface area (Å²) in [5.41, 5.74) is 8.64. The van der Waals surface area contributed by atoms with E-state index in [0.29, 0.717) is 24.6 Å². The molecule has 5 nitrogen and oxygen atoms in total. The molecule has 0 bridgehead atoms. The van der Waals surface area contributed by atoms with Gasteiger partial charge in [0, 0.05) is 17.8 Å². The van der Waals surface area contributed by atoms with E-state index in [1.165, 1.54) is 5.56 Å². The average molecular weight is 438 g/mol. The SMILES string of the molecule is CCc1ccc(NC(N)=NCCNC(=O)c2ccccc2)cc1.I. The van der Waals surface area contributed by atoms with Gasteiger partial charge in [0.1, 0.15) is 0 Å². The highest BCUT2D eigenvalue weighted by molar-refractivity contribution is 14.0. The molecule has 0 atom stereocenters. The van der Waals surface area contributed by atoms with Crippen molar-refractivity contribution in [3.8, 4) is 0 Å². The number of hydrogen-bond acceptors (Lipinski definition) is 2. The summed E-state index contributed by atoms with van der Waals surface area (Å²) < 4.78 is 0. The molecule has 0 aromatic heterocycles. The van der Waals surface area contributed by atoms with Crippen molar-refractivity contribution in [2.45, 2.75) is 13.3 Å². The van der Waals surface area contributed by atoms with Gasteiger partial charge in [-0.05, 0) is 36.2 Å². The van der Waals surface area contributed by atoms with Crippen LogP contribution in [0.25, 0.3) is 0 Å². The molecule has 2 aromatic carbocycles. The van der Waals surface area contributed by atoms with Crippen LogP contribution in [0.3, 0.4) is 0 Å². The summed E-state index contributed by atoms with van der Waals surface area (Å²) in [6, 6.07) is 17.1. The number of hydrogen-bond donors (Lipinski definition) is 3. The van der Waals surface area contributed by atoms with Gasteiger partial charge in [0.25, 0.3) is 5.91 Å². The fraction of sp³-hybridized carbons (Fsp3) is 0.222. The molecule has 0 aliphatic rings. The molecule has 0 radical (unpaired) electrons. The van der Waals surface area contributed by atoms with Crippen molar-refractivity contribution < 1.29 is 4.79 Å². The summed E-state index contributed by atoms with van der Waals surface area (Å²) in [5, 5.41) is 5.83. The molecule has 2 rings (SSSR count). The lowest BCUT2D eigenvalue weighted by atomic mass is 10.1. The van der Waals surface area contributed by atoms with Crippen molar-refractivity contribution in [1.82, 2.24) is 5.32 Å². The molecule has 4 N–H and O–H groups in total. The van der Waals surface area contributed by atoms with E-state index in [1.54, 1.807) is 12.1 Å². The second-order valence-electron chi connectivity index (χ2n) is 5.06. The molecule has 24 heavy (non-hydrogen) atoms. The van der Waals surface area contributed by atoms with Crippen molar-refractivity contribution in [3.63, 3.8) is 0 Å². The molecule has 2 aromatic rings. The van der Waals surface area contributed by atoms with Crippen LogP contribution in [0.15, 0.2) is 59.6 Å². The monoisotopic (exact) mass is 438 g/mol. The van der Waals surface area contributed by atoms with Gasteiger partial charge in [-0.3, -0.25) is 9.79 Å². The van der Waals surface area contributed by atoms with E-state index in [9.17, 15) is 4.79 Å². The maximum Gasteiger partial charge on any atom is 0.251 e. The molecule has 0 aliphatic carbocycles. The first-order chi connectivity index (χ1) is 11.2. The van der Waals surface area contributed by atoms with Crippen LogP contribution in [0, 0.1) is 0 Å². The molecule has 6 heteroatoms. The summed E-state index contributed by atoms with van der Waals surface area (Å²) in [5.74, 6) is 0.227. The van der Waals surface area contributed by atoms with E-state index >= 15 is 0 Å². The Kier molecular flexibility index (Phi) is 8.85. The number of aryl methyl sites for hydroxylation is 1. The molecule has 0 saturated heterocycles. The first-order valence-electron chi connectivity index (χ1n) is 7.68. The van der Waals surface area contributed by atoms with Crippen LogP contribution in [0.4, 0.5) is 5.69 Å². The third-order valence-corrected chi connectivity index (χ3v) is 3.35. The second-order valence-corrected chi connectivity index (χ2v) is 5.06. The molecule has 0 unspecified atom stereocenters. The highest BCUT2D eigenvalue weighted by Gasteiger charge is 2.02. The smallest absolute Gasteiger partial charge is 0.251 e. The molecule has 0 fully saturated rings. The fourth-order valence-corrected chi connectivity index (χ4v) is 2.05. The predicted octanol–water partition coefficient (Wildman–Crippen LogP) is 3.02. The minimum Gasteiger partial charge on any atom is -0.370 e. The number of rotatable bonds is 6. The van der Waals surface area contributed by atoms with Crippen molar-refractivity contribution in [1.29, 1.82) is 0 Å². The quantitative estimate of drug-likeness (QED) is 0.281. The maximum absolute atomic E-state index is 11.8. The fourth-order valence-electron chi connectivity index (χ4n) is 2.05. The van der Waals surface area contributed by atoms with Gasteiger partial charge in [0.15, 0.2) is 5.96 Å². The first kappa shape index (κ1) is 20.0. The molecule has 0 heterocycles. The number of anilines is 1. The van der Waals surface area contributed by atoms with Crippen molar-refractivity contribution >= 4 is 41.5 Å². The number of nitrogens with zero attached hydrogens (tertiary/aromatic N) is 1. The van der Waals surface area contributed by atoms with Gasteiger partial charge in [-0.15, -0.1) is 24.0 Å². The Morgan fingerprint density at radius 2 is 1.75 bits per heavy atom. The summed E-state index contributed by atoms with van der Waals surface area (Å²) >= 11 is 0. The van der Waals surface area contributed by atoms with Crippen molar-refractivity contribution in [2.24, 2.45) is 10.7 Å². The van der Waals surface area contributed by atoms with Gasteiger partial charge in [-0.1, -0.05) is 37.3 Å². The zero-order chi connectivity index (χ0) is 16.5. The molecule has 0 spiro atoms. The Balaban J connectivity index is 0.00000288. The highest BCUT2D eigenvalue weighted by atomic mass is 127. The number of benzene rings is 2. The Hall–Kier alpha value is -2.09. The molecular formula is C18H23IN4O. The van der Waals surface area contributed by atoms with Crippen molar-refractivity contribution in [2.75, 3.05) is 18.4 Å². The Morgan fingerprint density at radius 1 is 1.08 bits per heavy atom. The standard InChI is InChI=1S/C18H22N4O.HI/c1-2-14-8-10-16(11-9-14)22-18(19)21-13-12-20-17(23)15-6-4-3-5-7-15;/h3-11H,2,12-13H2,1H3,(H,20,23)(H3,19,21,22);1H. The zero-order valence-corrected chi connectivity index (χ0v) is 16.0. The van der Waals surface area contributed by atoms with Crippen LogP contribution >= 0.6 is 24.0 Å². The summed E-state index contributed by atoms with van der Waals surface area (Å²) in [6.07, 6.45) is 1.00. The predicted molar refractivity (Wildman–Crippen MR) is 110 cm³/mol. The number of guanidine groups is 1. The number of carbonyl (C=O) groups excluding carboxylic acids is 1. The van der Waals surface area contributed by atoms with E-state index < -0.39 is 0 Å². The van der Waals surface area contributed by atoms with Gasteiger partial charge < -0.3 is 16.4 Å². The largest absolute Gasteiger partial charge is 0.370 e. The van der Waals surface area contributed by atoms with Crippen LogP contribution in [-0.4, -0.2) is 25.0 Å². The summed E-state index contributed by atoms with van der Waals surface area (Å²) in [7, 11) is 0. The number of nitrogens with one attached hydrogen (secondary N) is 2. The van der Waals surface area contributed by atoms with E-state index in [4.69, 9.17) is 5.73 Å². The zero-order valence-electron chi connectivity index (χ0n) is 13.7. The van der Waals surface area contributed by atoms with E-state index in [2.05, 4.69) is 34.7 Å². The first-order valence-corrected chi connectivity index (χ1v) is 7.68. The minimum atomic E-state index is -0.109. The van der Waals surface area contributed by atoms with Gasteiger partial charge in [-0.25, -0.2) is 0 Å². The van der Waals surface area contributed by atoms with Crippen LogP contribution in [0.5, 0.6) is 0 Å². The minimum absolute atomic E-state index is 0. The molecule has 0 saturated carbocycles. The molecule has 128 valence electrons. The van der Waals surface area contributed by atoms with Crippen LogP contribution in [0.1, 0.15) is 22.8 Å².